The number of ether oxygens (including phenoxy) is 1. The standard InChI is InChI=1S/C16H16Br2FNO/c1-10-5-13(17)7-12(8-20-2)16(10)21-9-11-3-4-15(19)14(18)6-11/h3-7,20H,8-9H2,1-2H3. The van der Waals surface area contributed by atoms with Crippen molar-refractivity contribution in [3.63, 3.8) is 0 Å². The predicted octanol–water partition coefficient (Wildman–Crippen LogP) is 4.96. The molecule has 0 unspecified atom stereocenters. The molecule has 1 N–H and O–H groups in total. The Hall–Kier alpha value is -0.910. The molecular weight excluding hydrogens is 401 g/mol. The fourth-order valence-electron chi connectivity index (χ4n) is 2.11. The Balaban J connectivity index is 2.20. The van der Waals surface area contributed by atoms with Crippen molar-refractivity contribution >= 4 is 31.9 Å². The molecule has 2 aromatic rings. The van der Waals surface area contributed by atoms with Crippen LogP contribution in [0.5, 0.6) is 5.75 Å². The van der Waals surface area contributed by atoms with Crippen LogP contribution in [0, 0.1) is 12.7 Å². The normalized spacial score (nSPS) is 10.7. The van der Waals surface area contributed by atoms with Crippen molar-refractivity contribution in [2.24, 2.45) is 0 Å². The monoisotopic (exact) mass is 415 g/mol. The van der Waals surface area contributed by atoms with E-state index >= 15 is 0 Å². The average molecular weight is 417 g/mol. The van der Waals surface area contributed by atoms with Gasteiger partial charge in [-0.15, -0.1) is 0 Å². The minimum atomic E-state index is -0.269. The summed E-state index contributed by atoms with van der Waals surface area (Å²) in [6, 6.07) is 8.97. The molecule has 0 bridgehead atoms. The third-order valence-corrected chi connectivity index (χ3v) is 4.12. The van der Waals surface area contributed by atoms with E-state index in [1.807, 2.05) is 26.1 Å². The van der Waals surface area contributed by atoms with Gasteiger partial charge in [0.2, 0.25) is 0 Å². The van der Waals surface area contributed by atoms with Crippen LogP contribution < -0.4 is 10.1 Å². The molecule has 0 aliphatic heterocycles. The number of rotatable bonds is 5. The number of hydrogen-bond donors (Lipinski definition) is 1. The Morgan fingerprint density at radius 2 is 1.95 bits per heavy atom. The third-order valence-electron chi connectivity index (χ3n) is 3.05. The molecule has 0 atom stereocenters. The molecule has 2 aromatic carbocycles. The molecule has 0 heterocycles. The molecule has 0 fully saturated rings. The summed E-state index contributed by atoms with van der Waals surface area (Å²) in [4.78, 5) is 0. The molecule has 21 heavy (non-hydrogen) atoms. The maximum absolute atomic E-state index is 13.2. The van der Waals surface area contributed by atoms with Crippen LogP contribution >= 0.6 is 31.9 Å². The van der Waals surface area contributed by atoms with Crippen LogP contribution in [0.2, 0.25) is 0 Å². The van der Waals surface area contributed by atoms with Gasteiger partial charge in [0.05, 0.1) is 4.47 Å². The highest BCUT2D eigenvalue weighted by Gasteiger charge is 2.09. The average Bonchev–Trinajstić information content (AvgIpc) is 2.42. The Morgan fingerprint density at radius 3 is 2.62 bits per heavy atom. The van der Waals surface area contributed by atoms with E-state index in [4.69, 9.17) is 4.74 Å². The molecule has 0 aliphatic rings. The first-order chi connectivity index (χ1) is 10.0. The van der Waals surface area contributed by atoms with E-state index in [1.54, 1.807) is 12.1 Å². The van der Waals surface area contributed by atoms with Crippen molar-refractivity contribution in [2.75, 3.05) is 7.05 Å². The molecule has 0 aromatic heterocycles. The van der Waals surface area contributed by atoms with Crippen LogP contribution in [0.1, 0.15) is 16.7 Å². The topological polar surface area (TPSA) is 21.3 Å². The molecule has 112 valence electrons. The lowest BCUT2D eigenvalue weighted by Crippen LogP contribution is -2.09. The highest BCUT2D eigenvalue weighted by atomic mass is 79.9. The highest BCUT2D eigenvalue weighted by molar-refractivity contribution is 9.10. The predicted molar refractivity (Wildman–Crippen MR) is 90.1 cm³/mol. The molecule has 2 nitrogen and oxygen atoms in total. The number of hydrogen-bond acceptors (Lipinski definition) is 2. The fourth-order valence-corrected chi connectivity index (χ4v) is 3.16. The van der Waals surface area contributed by atoms with Gasteiger partial charge in [-0.3, -0.25) is 0 Å². The smallest absolute Gasteiger partial charge is 0.137 e. The summed E-state index contributed by atoms with van der Waals surface area (Å²) in [5.74, 6) is 0.599. The van der Waals surface area contributed by atoms with Gasteiger partial charge in [-0.25, -0.2) is 4.39 Å². The second kappa shape index (κ2) is 7.38. The maximum Gasteiger partial charge on any atom is 0.137 e. The molecule has 0 aliphatic carbocycles. The van der Waals surface area contributed by atoms with E-state index in [2.05, 4.69) is 37.2 Å². The van der Waals surface area contributed by atoms with Crippen LogP contribution in [0.4, 0.5) is 4.39 Å². The van der Waals surface area contributed by atoms with Gasteiger partial charge < -0.3 is 10.1 Å². The zero-order valence-electron chi connectivity index (χ0n) is 11.8. The molecule has 0 saturated heterocycles. The second-order valence-electron chi connectivity index (χ2n) is 4.78. The van der Waals surface area contributed by atoms with Gasteiger partial charge in [-0.2, -0.15) is 0 Å². The summed E-state index contributed by atoms with van der Waals surface area (Å²) >= 11 is 6.69. The lowest BCUT2D eigenvalue weighted by atomic mass is 10.1. The summed E-state index contributed by atoms with van der Waals surface area (Å²) < 4.78 is 20.7. The van der Waals surface area contributed by atoms with E-state index in [1.165, 1.54) is 6.07 Å². The molecule has 0 spiro atoms. The van der Waals surface area contributed by atoms with E-state index in [0.717, 1.165) is 33.5 Å². The summed E-state index contributed by atoms with van der Waals surface area (Å²) in [5, 5.41) is 3.14. The number of aryl methyl sites for hydroxylation is 1. The van der Waals surface area contributed by atoms with E-state index in [9.17, 15) is 4.39 Å². The van der Waals surface area contributed by atoms with Crippen LogP contribution in [0.3, 0.4) is 0 Å². The first kappa shape index (κ1) is 16.5. The van der Waals surface area contributed by atoms with E-state index in [0.29, 0.717) is 11.1 Å². The number of halogens is 3. The van der Waals surface area contributed by atoms with E-state index in [-0.39, 0.29) is 5.82 Å². The Labute approximate surface area is 141 Å². The van der Waals surface area contributed by atoms with Crippen molar-refractivity contribution in [3.8, 4) is 5.75 Å². The first-order valence-corrected chi connectivity index (χ1v) is 8.10. The van der Waals surface area contributed by atoms with Gasteiger partial charge in [0, 0.05) is 16.6 Å². The van der Waals surface area contributed by atoms with Crippen molar-refractivity contribution in [3.05, 3.63) is 61.8 Å². The molecular formula is C16H16Br2FNO. The summed E-state index contributed by atoms with van der Waals surface area (Å²) in [6.07, 6.45) is 0. The Kier molecular flexibility index (Phi) is 5.79. The van der Waals surface area contributed by atoms with Crippen molar-refractivity contribution in [1.82, 2.24) is 5.32 Å². The van der Waals surface area contributed by atoms with Gasteiger partial charge in [-0.05, 0) is 65.3 Å². The minimum Gasteiger partial charge on any atom is -0.488 e. The lowest BCUT2D eigenvalue weighted by molar-refractivity contribution is 0.300. The molecule has 0 saturated carbocycles. The van der Waals surface area contributed by atoms with Crippen LogP contribution in [0.15, 0.2) is 39.3 Å². The highest BCUT2D eigenvalue weighted by Crippen LogP contribution is 2.29. The SMILES string of the molecule is CNCc1cc(Br)cc(C)c1OCc1ccc(F)c(Br)c1. The quantitative estimate of drug-likeness (QED) is 0.743. The number of nitrogens with one attached hydrogen (secondary N) is 1. The zero-order chi connectivity index (χ0) is 15.4. The second-order valence-corrected chi connectivity index (χ2v) is 6.55. The molecule has 0 amide bonds. The van der Waals surface area contributed by atoms with Crippen molar-refractivity contribution < 1.29 is 9.13 Å². The van der Waals surface area contributed by atoms with E-state index < -0.39 is 0 Å². The van der Waals surface area contributed by atoms with Crippen molar-refractivity contribution in [2.45, 2.75) is 20.1 Å². The largest absolute Gasteiger partial charge is 0.488 e. The first-order valence-electron chi connectivity index (χ1n) is 6.51. The van der Waals surface area contributed by atoms with Gasteiger partial charge >= 0.3 is 0 Å². The zero-order valence-corrected chi connectivity index (χ0v) is 15.0. The minimum absolute atomic E-state index is 0.269. The molecule has 5 heteroatoms. The van der Waals surface area contributed by atoms with Gasteiger partial charge in [0.25, 0.3) is 0 Å². The summed E-state index contributed by atoms with van der Waals surface area (Å²) in [6.45, 7) is 3.14. The lowest BCUT2D eigenvalue weighted by Gasteiger charge is -2.15. The number of benzene rings is 2. The van der Waals surface area contributed by atoms with Crippen LogP contribution in [-0.2, 0) is 13.2 Å². The third kappa shape index (κ3) is 4.28. The molecule has 2 rings (SSSR count). The van der Waals surface area contributed by atoms with Crippen LogP contribution in [-0.4, -0.2) is 7.05 Å². The Morgan fingerprint density at radius 1 is 1.19 bits per heavy atom. The van der Waals surface area contributed by atoms with Gasteiger partial charge in [0.1, 0.15) is 18.2 Å². The fraction of sp³-hybridized carbons (Fsp3) is 0.250. The summed E-state index contributed by atoms with van der Waals surface area (Å²) in [5.41, 5.74) is 3.07. The van der Waals surface area contributed by atoms with Crippen LogP contribution in [0.25, 0.3) is 0 Å². The maximum atomic E-state index is 13.2. The Bertz CT molecular complexity index is 646. The van der Waals surface area contributed by atoms with Gasteiger partial charge in [0.15, 0.2) is 0 Å². The summed E-state index contributed by atoms with van der Waals surface area (Å²) in [7, 11) is 1.90. The van der Waals surface area contributed by atoms with Crippen molar-refractivity contribution in [1.29, 1.82) is 0 Å². The van der Waals surface area contributed by atoms with Gasteiger partial charge in [-0.1, -0.05) is 22.0 Å². The molecule has 0 radical (unpaired) electrons.